The fourth-order valence-electron chi connectivity index (χ4n) is 6.98. The van der Waals surface area contributed by atoms with Crippen molar-refractivity contribution in [2.75, 3.05) is 13.1 Å². The molecule has 2 N–H and O–H groups in total. The molecule has 3 aliphatic heterocycles. The van der Waals surface area contributed by atoms with E-state index in [1.807, 2.05) is 0 Å². The molecule has 168 valence electrons. The molecule has 0 bridgehead atoms. The van der Waals surface area contributed by atoms with Crippen LogP contribution in [0.5, 0.6) is 0 Å². The van der Waals surface area contributed by atoms with Crippen LogP contribution in [0.4, 0.5) is 0 Å². The highest BCUT2D eigenvalue weighted by molar-refractivity contribution is 5.98. The number of nitrogens with one attached hydrogen (secondary N) is 2. The monoisotopic (exact) mass is 411 g/mol. The first-order valence-electron chi connectivity index (χ1n) is 13.0. The second-order valence-corrected chi connectivity index (χ2v) is 11.0. The third kappa shape index (κ3) is 4.87. The molecule has 0 aromatic carbocycles. The average Bonchev–Trinajstić information content (AvgIpc) is 2.75. The van der Waals surface area contributed by atoms with E-state index in [0.29, 0.717) is 17.9 Å². The molecule has 1 saturated heterocycles. The summed E-state index contributed by atoms with van der Waals surface area (Å²) in [7, 11) is 0. The number of rotatable bonds is 6. The third-order valence-corrected chi connectivity index (χ3v) is 8.33. The SMILES string of the molecule is CC(C)C(C1=NCCC=C1)C1CCC2=C(CC(C(C(C)C)C3CCCCN3)CC2)N1. The molecule has 1 aliphatic carbocycles. The molecule has 0 aromatic rings. The maximum atomic E-state index is 4.92. The van der Waals surface area contributed by atoms with Crippen LogP contribution in [0.25, 0.3) is 0 Å². The molecule has 4 rings (SSSR count). The molecule has 3 nitrogen and oxygen atoms in total. The number of hydrogen-bond donors (Lipinski definition) is 2. The first-order valence-corrected chi connectivity index (χ1v) is 13.0. The van der Waals surface area contributed by atoms with Gasteiger partial charge in [-0.25, -0.2) is 0 Å². The minimum atomic E-state index is 0.539. The van der Waals surface area contributed by atoms with E-state index < -0.39 is 0 Å². The Morgan fingerprint density at radius 3 is 2.47 bits per heavy atom. The van der Waals surface area contributed by atoms with Crippen LogP contribution in [0.15, 0.2) is 28.4 Å². The van der Waals surface area contributed by atoms with Gasteiger partial charge in [-0.05, 0) is 87.7 Å². The van der Waals surface area contributed by atoms with Gasteiger partial charge in [0.05, 0.1) is 0 Å². The van der Waals surface area contributed by atoms with Crippen molar-refractivity contribution in [2.45, 2.75) is 97.6 Å². The number of aliphatic imine (C=N–C) groups is 1. The van der Waals surface area contributed by atoms with Crippen LogP contribution in [0, 0.1) is 29.6 Å². The Morgan fingerprint density at radius 1 is 0.967 bits per heavy atom. The quantitative estimate of drug-likeness (QED) is 0.572. The van der Waals surface area contributed by atoms with E-state index in [2.05, 4.69) is 50.5 Å². The summed E-state index contributed by atoms with van der Waals surface area (Å²) in [5.41, 5.74) is 4.71. The Kier molecular flexibility index (Phi) is 7.39. The minimum absolute atomic E-state index is 0.539. The van der Waals surface area contributed by atoms with E-state index >= 15 is 0 Å². The molecule has 0 saturated carbocycles. The summed E-state index contributed by atoms with van der Waals surface area (Å²) in [6.45, 7) is 11.9. The van der Waals surface area contributed by atoms with Crippen LogP contribution < -0.4 is 10.6 Å². The summed E-state index contributed by atoms with van der Waals surface area (Å²) < 4.78 is 0. The summed E-state index contributed by atoms with van der Waals surface area (Å²) in [5.74, 6) is 3.57. The Labute approximate surface area is 185 Å². The Bertz CT molecular complexity index is 666. The summed E-state index contributed by atoms with van der Waals surface area (Å²) >= 11 is 0. The minimum Gasteiger partial charge on any atom is -0.385 e. The average molecular weight is 412 g/mol. The molecule has 1 fully saturated rings. The van der Waals surface area contributed by atoms with Gasteiger partial charge in [0, 0.05) is 36.0 Å². The maximum absolute atomic E-state index is 4.92. The van der Waals surface area contributed by atoms with Gasteiger partial charge in [0.15, 0.2) is 0 Å². The fourth-order valence-corrected chi connectivity index (χ4v) is 6.98. The topological polar surface area (TPSA) is 36.4 Å². The largest absolute Gasteiger partial charge is 0.385 e. The van der Waals surface area contributed by atoms with E-state index in [1.54, 1.807) is 11.3 Å². The summed E-state index contributed by atoms with van der Waals surface area (Å²) in [4.78, 5) is 4.92. The molecular weight excluding hydrogens is 366 g/mol. The Hall–Kier alpha value is -1.09. The third-order valence-electron chi connectivity index (χ3n) is 8.33. The lowest BCUT2D eigenvalue weighted by Crippen LogP contribution is -2.48. The van der Waals surface area contributed by atoms with Crippen LogP contribution in [-0.2, 0) is 0 Å². The highest BCUT2D eigenvalue weighted by Crippen LogP contribution is 2.43. The highest BCUT2D eigenvalue weighted by atomic mass is 15.0. The van der Waals surface area contributed by atoms with Crippen LogP contribution in [0.1, 0.15) is 85.5 Å². The number of piperidine rings is 1. The maximum Gasteiger partial charge on any atom is 0.0427 e. The zero-order valence-electron chi connectivity index (χ0n) is 19.9. The van der Waals surface area contributed by atoms with E-state index in [1.165, 1.54) is 63.6 Å². The first-order chi connectivity index (χ1) is 14.5. The van der Waals surface area contributed by atoms with E-state index in [0.717, 1.165) is 36.8 Å². The van der Waals surface area contributed by atoms with Crippen LogP contribution in [0.3, 0.4) is 0 Å². The number of hydrogen-bond acceptors (Lipinski definition) is 3. The number of nitrogens with zero attached hydrogens (tertiary/aromatic N) is 1. The lowest BCUT2D eigenvalue weighted by molar-refractivity contribution is 0.144. The number of dihydropyridines is 1. The van der Waals surface area contributed by atoms with Gasteiger partial charge in [-0.3, -0.25) is 4.99 Å². The number of allylic oxidation sites excluding steroid dienone is 3. The van der Waals surface area contributed by atoms with E-state index in [4.69, 9.17) is 4.99 Å². The normalized spacial score (nSPS) is 31.9. The van der Waals surface area contributed by atoms with Crippen molar-refractivity contribution < 1.29 is 0 Å². The second-order valence-electron chi connectivity index (χ2n) is 11.0. The first kappa shape index (κ1) is 22.1. The molecule has 3 heterocycles. The van der Waals surface area contributed by atoms with Gasteiger partial charge in [0.1, 0.15) is 0 Å². The van der Waals surface area contributed by atoms with Crippen LogP contribution in [0.2, 0.25) is 0 Å². The van der Waals surface area contributed by atoms with Gasteiger partial charge in [-0.2, -0.15) is 0 Å². The highest BCUT2D eigenvalue weighted by Gasteiger charge is 2.38. The smallest absolute Gasteiger partial charge is 0.0427 e. The van der Waals surface area contributed by atoms with Crippen molar-refractivity contribution >= 4 is 5.71 Å². The molecule has 4 aliphatic rings. The van der Waals surface area contributed by atoms with Gasteiger partial charge in [-0.1, -0.05) is 45.8 Å². The molecule has 0 amide bonds. The predicted octanol–water partition coefficient (Wildman–Crippen LogP) is 5.88. The fraction of sp³-hybridized carbons (Fsp3) is 0.815. The summed E-state index contributed by atoms with van der Waals surface area (Å²) in [6, 6.07) is 1.28. The van der Waals surface area contributed by atoms with Crippen molar-refractivity contribution in [1.29, 1.82) is 0 Å². The zero-order chi connectivity index (χ0) is 21.1. The van der Waals surface area contributed by atoms with Crippen molar-refractivity contribution in [2.24, 2.45) is 34.6 Å². The Morgan fingerprint density at radius 2 is 1.80 bits per heavy atom. The van der Waals surface area contributed by atoms with E-state index in [9.17, 15) is 0 Å². The van der Waals surface area contributed by atoms with Gasteiger partial charge in [-0.15, -0.1) is 0 Å². The molecular formula is C27H45N3. The zero-order valence-corrected chi connectivity index (χ0v) is 19.9. The van der Waals surface area contributed by atoms with Crippen LogP contribution >= 0.6 is 0 Å². The molecule has 0 spiro atoms. The lowest BCUT2D eigenvalue weighted by Gasteiger charge is -2.44. The second kappa shape index (κ2) is 10.0. The van der Waals surface area contributed by atoms with Gasteiger partial charge < -0.3 is 10.6 Å². The molecule has 5 unspecified atom stereocenters. The Balaban J connectivity index is 1.48. The van der Waals surface area contributed by atoms with Crippen molar-refractivity contribution in [1.82, 2.24) is 10.6 Å². The van der Waals surface area contributed by atoms with E-state index in [-0.39, 0.29) is 0 Å². The van der Waals surface area contributed by atoms with Gasteiger partial charge >= 0.3 is 0 Å². The summed E-state index contributed by atoms with van der Waals surface area (Å²) in [6.07, 6.45) is 16.5. The predicted molar refractivity (Wildman–Crippen MR) is 129 cm³/mol. The standard InChI is InChI=1S/C27H45N3/c1-18(2)26(22-9-5-7-15-28-22)21-12-11-20-13-14-24(30-25(20)17-21)27(19(3)4)23-10-6-8-16-29-23/h6,10,18-19,21-22,24,26-28,30H,5,7-9,11-17H2,1-4H3. The molecule has 5 atom stereocenters. The van der Waals surface area contributed by atoms with Crippen molar-refractivity contribution in [3.8, 4) is 0 Å². The molecule has 30 heavy (non-hydrogen) atoms. The summed E-state index contributed by atoms with van der Waals surface area (Å²) in [5, 5.41) is 8.00. The lowest BCUT2D eigenvalue weighted by atomic mass is 9.68. The van der Waals surface area contributed by atoms with Crippen molar-refractivity contribution in [3.63, 3.8) is 0 Å². The van der Waals surface area contributed by atoms with Crippen molar-refractivity contribution in [3.05, 3.63) is 23.4 Å². The van der Waals surface area contributed by atoms with Gasteiger partial charge in [0.25, 0.3) is 0 Å². The molecule has 0 aromatic heterocycles. The molecule has 0 radical (unpaired) electrons. The van der Waals surface area contributed by atoms with Crippen LogP contribution in [-0.4, -0.2) is 30.9 Å². The van der Waals surface area contributed by atoms with Gasteiger partial charge in [0.2, 0.25) is 0 Å². The molecule has 3 heteroatoms.